The summed E-state index contributed by atoms with van der Waals surface area (Å²) in [4.78, 5) is 20.7. The number of aromatic nitrogens is 3. The average Bonchev–Trinajstić information content (AvgIpc) is 3.51. The molecule has 3 heterocycles. The Labute approximate surface area is 204 Å². The van der Waals surface area contributed by atoms with Gasteiger partial charge in [-0.05, 0) is 66.9 Å². The minimum atomic E-state index is 0.0851. The van der Waals surface area contributed by atoms with Crippen LogP contribution in [0.3, 0.4) is 0 Å². The smallest absolute Gasteiger partial charge is 0.167 e. The highest BCUT2D eigenvalue weighted by molar-refractivity contribution is 5.98. The third-order valence-electron chi connectivity index (χ3n) is 6.11. The summed E-state index contributed by atoms with van der Waals surface area (Å²) in [5.74, 6) is 0.881. The van der Waals surface area contributed by atoms with Crippen LogP contribution >= 0.6 is 0 Å². The molecule has 35 heavy (non-hydrogen) atoms. The fourth-order valence-corrected chi connectivity index (χ4v) is 4.43. The van der Waals surface area contributed by atoms with Crippen molar-refractivity contribution in [3.63, 3.8) is 0 Å². The van der Waals surface area contributed by atoms with Crippen molar-refractivity contribution in [1.82, 2.24) is 14.5 Å². The number of benzene rings is 2. The van der Waals surface area contributed by atoms with Gasteiger partial charge in [-0.1, -0.05) is 18.2 Å². The van der Waals surface area contributed by atoms with Crippen LogP contribution in [0.5, 0.6) is 5.75 Å². The zero-order chi connectivity index (χ0) is 24.4. The van der Waals surface area contributed by atoms with Crippen LogP contribution in [-0.4, -0.2) is 27.4 Å². The van der Waals surface area contributed by atoms with Crippen LogP contribution in [0.4, 0.5) is 5.69 Å². The van der Waals surface area contributed by atoms with E-state index in [4.69, 9.17) is 4.74 Å². The molecular formula is C29H28N4O2. The van der Waals surface area contributed by atoms with E-state index in [9.17, 15) is 4.79 Å². The number of nitrogens with zero attached hydrogens (tertiary/aromatic N) is 2. The van der Waals surface area contributed by atoms with Gasteiger partial charge in [-0.15, -0.1) is 0 Å². The highest BCUT2D eigenvalue weighted by Crippen LogP contribution is 2.28. The molecule has 6 heteroatoms. The van der Waals surface area contributed by atoms with E-state index < -0.39 is 0 Å². The fourth-order valence-electron chi connectivity index (χ4n) is 4.43. The SMILES string of the molecule is COc1c(CNc2cccc(C(=O)Cc3cc(C)cc(-n4ccc(C)c4)c3)c2)cnc2[nH]ccc12. The second kappa shape index (κ2) is 9.50. The molecule has 0 saturated heterocycles. The van der Waals surface area contributed by atoms with Crippen LogP contribution in [0, 0.1) is 13.8 Å². The topological polar surface area (TPSA) is 71.9 Å². The van der Waals surface area contributed by atoms with E-state index in [1.165, 1.54) is 5.56 Å². The number of anilines is 1. The van der Waals surface area contributed by atoms with Gasteiger partial charge >= 0.3 is 0 Å². The molecule has 0 spiro atoms. The lowest BCUT2D eigenvalue weighted by molar-refractivity contribution is 0.0993. The summed E-state index contributed by atoms with van der Waals surface area (Å²) in [7, 11) is 1.67. The fraction of sp³-hybridized carbons (Fsp3) is 0.172. The molecule has 0 bridgehead atoms. The number of methoxy groups -OCH3 is 1. The Balaban J connectivity index is 1.31. The molecule has 0 radical (unpaired) electrons. The van der Waals surface area contributed by atoms with Gasteiger partial charge in [0.25, 0.3) is 0 Å². The molecule has 5 rings (SSSR count). The lowest BCUT2D eigenvalue weighted by Crippen LogP contribution is -2.07. The van der Waals surface area contributed by atoms with E-state index in [0.717, 1.165) is 44.8 Å². The molecule has 2 aromatic carbocycles. The van der Waals surface area contributed by atoms with Crippen LogP contribution in [0.2, 0.25) is 0 Å². The minimum Gasteiger partial charge on any atom is -0.496 e. The highest BCUT2D eigenvalue weighted by Gasteiger charge is 2.12. The molecule has 0 fully saturated rings. The first-order valence-corrected chi connectivity index (χ1v) is 11.6. The van der Waals surface area contributed by atoms with Gasteiger partial charge in [0.2, 0.25) is 0 Å². The van der Waals surface area contributed by atoms with Crippen molar-refractivity contribution in [2.75, 3.05) is 12.4 Å². The first-order valence-electron chi connectivity index (χ1n) is 11.6. The molecule has 0 aliphatic heterocycles. The minimum absolute atomic E-state index is 0.0851. The lowest BCUT2D eigenvalue weighted by Gasteiger charge is -2.12. The number of ketones is 1. The van der Waals surface area contributed by atoms with Gasteiger partial charge in [0.15, 0.2) is 5.78 Å². The lowest BCUT2D eigenvalue weighted by atomic mass is 10.0. The summed E-state index contributed by atoms with van der Waals surface area (Å²) in [6.07, 6.45) is 8.14. The van der Waals surface area contributed by atoms with Gasteiger partial charge in [-0.2, -0.15) is 0 Å². The molecule has 2 N–H and O–H groups in total. The van der Waals surface area contributed by atoms with Crippen LogP contribution in [0.15, 0.2) is 79.4 Å². The molecule has 0 amide bonds. The number of fused-ring (bicyclic) bond motifs is 1. The molecule has 0 aliphatic rings. The maximum atomic E-state index is 13.2. The van der Waals surface area contributed by atoms with Crippen molar-refractivity contribution in [2.24, 2.45) is 0 Å². The third-order valence-corrected chi connectivity index (χ3v) is 6.11. The van der Waals surface area contributed by atoms with Gasteiger partial charge < -0.3 is 19.6 Å². The molecule has 0 saturated carbocycles. The number of H-pyrrole nitrogens is 1. The Kier molecular flexibility index (Phi) is 6.10. The summed E-state index contributed by atoms with van der Waals surface area (Å²) in [5.41, 5.74) is 7.71. The Morgan fingerprint density at radius 3 is 2.77 bits per heavy atom. The zero-order valence-corrected chi connectivity index (χ0v) is 20.1. The molecule has 0 unspecified atom stereocenters. The molecule has 6 nitrogen and oxygen atoms in total. The summed E-state index contributed by atoms with van der Waals surface area (Å²) in [6.45, 7) is 4.67. The Morgan fingerprint density at radius 1 is 1.09 bits per heavy atom. The number of hydrogen-bond acceptors (Lipinski definition) is 4. The molecule has 0 aliphatic carbocycles. The zero-order valence-electron chi connectivity index (χ0n) is 20.1. The van der Waals surface area contributed by atoms with Gasteiger partial charge in [-0.25, -0.2) is 4.98 Å². The summed E-state index contributed by atoms with van der Waals surface area (Å²) in [5, 5.41) is 4.36. The van der Waals surface area contributed by atoms with Gasteiger partial charge in [-0.3, -0.25) is 4.79 Å². The van der Waals surface area contributed by atoms with E-state index in [2.05, 4.69) is 64.2 Å². The molecule has 5 aromatic rings. The molecule has 176 valence electrons. The highest BCUT2D eigenvalue weighted by atomic mass is 16.5. The average molecular weight is 465 g/mol. The number of Topliss-reactive ketones (excluding diaryl/α,β-unsaturated/α-hetero) is 1. The Hall–Kier alpha value is -4.32. The maximum Gasteiger partial charge on any atom is 0.167 e. The first-order chi connectivity index (χ1) is 17.0. The van der Waals surface area contributed by atoms with Crippen molar-refractivity contribution in [3.8, 4) is 11.4 Å². The van der Waals surface area contributed by atoms with E-state index in [1.54, 1.807) is 13.3 Å². The Morgan fingerprint density at radius 2 is 1.97 bits per heavy atom. The van der Waals surface area contributed by atoms with Crippen molar-refractivity contribution < 1.29 is 9.53 Å². The molecule has 3 aromatic heterocycles. The normalized spacial score (nSPS) is 11.1. The second-order valence-electron chi connectivity index (χ2n) is 8.86. The maximum absolute atomic E-state index is 13.2. The number of nitrogens with one attached hydrogen (secondary N) is 2. The van der Waals surface area contributed by atoms with Crippen LogP contribution in [0.1, 0.15) is 32.6 Å². The number of ether oxygens (including phenoxy) is 1. The first kappa shape index (κ1) is 22.5. The van der Waals surface area contributed by atoms with Crippen molar-refractivity contribution in [2.45, 2.75) is 26.8 Å². The van der Waals surface area contributed by atoms with Gasteiger partial charge in [0, 0.05) is 60.3 Å². The van der Waals surface area contributed by atoms with Crippen molar-refractivity contribution in [1.29, 1.82) is 0 Å². The van der Waals surface area contributed by atoms with E-state index >= 15 is 0 Å². The number of aromatic amines is 1. The van der Waals surface area contributed by atoms with Crippen LogP contribution in [-0.2, 0) is 13.0 Å². The second-order valence-corrected chi connectivity index (χ2v) is 8.86. The Bertz CT molecular complexity index is 1510. The quantitative estimate of drug-likeness (QED) is 0.276. The van der Waals surface area contributed by atoms with Crippen molar-refractivity contribution in [3.05, 3.63) is 107 Å². The summed E-state index contributed by atoms with van der Waals surface area (Å²) < 4.78 is 7.72. The number of carbonyl (C=O) groups excluding carboxylic acids is 1. The third kappa shape index (κ3) is 4.82. The molecular weight excluding hydrogens is 436 g/mol. The van der Waals surface area contributed by atoms with E-state index in [-0.39, 0.29) is 5.78 Å². The number of carbonyl (C=O) groups is 1. The van der Waals surface area contributed by atoms with E-state index in [1.807, 2.05) is 42.7 Å². The largest absolute Gasteiger partial charge is 0.496 e. The number of hydrogen-bond donors (Lipinski definition) is 2. The van der Waals surface area contributed by atoms with Crippen LogP contribution < -0.4 is 10.1 Å². The number of aryl methyl sites for hydroxylation is 2. The summed E-state index contributed by atoms with van der Waals surface area (Å²) in [6, 6.07) is 18.0. The van der Waals surface area contributed by atoms with Crippen molar-refractivity contribution >= 4 is 22.5 Å². The summed E-state index contributed by atoms with van der Waals surface area (Å²) >= 11 is 0. The predicted octanol–water partition coefficient (Wildman–Crippen LogP) is 6.02. The monoisotopic (exact) mass is 464 g/mol. The van der Waals surface area contributed by atoms with E-state index in [0.29, 0.717) is 18.5 Å². The molecule has 0 atom stereocenters. The van der Waals surface area contributed by atoms with Crippen LogP contribution in [0.25, 0.3) is 16.7 Å². The van der Waals surface area contributed by atoms with Gasteiger partial charge in [0.1, 0.15) is 11.4 Å². The standard InChI is InChI=1S/C29H28N4O2/c1-19-8-10-33(18-19)25-12-20(2)11-21(13-25)14-27(34)22-5-4-6-24(15-22)31-16-23-17-32-29-26(7-9-30-29)28(23)35-3/h4-13,15,17-18,31H,14,16H2,1-3H3,(H,30,32). The predicted molar refractivity (Wildman–Crippen MR) is 140 cm³/mol. The number of pyridine rings is 1. The van der Waals surface area contributed by atoms with Gasteiger partial charge in [0.05, 0.1) is 12.5 Å². The number of rotatable bonds is 8.